The lowest BCUT2D eigenvalue weighted by molar-refractivity contribution is 0.343. The average Bonchev–Trinajstić information content (AvgIpc) is 2.27. The fraction of sp³-hybridized carbons (Fsp3) is 0.500. The molecule has 0 heterocycles. The normalized spacial score (nSPS) is 12.3. The van der Waals surface area contributed by atoms with Gasteiger partial charge in [-0.25, -0.2) is 4.72 Å². The van der Waals surface area contributed by atoms with Crippen LogP contribution < -0.4 is 10.5 Å². The molecular weight excluding hydrogens is 250 g/mol. The Kier molecular flexibility index (Phi) is 5.13. The average molecular weight is 271 g/mol. The van der Waals surface area contributed by atoms with E-state index in [1.54, 1.807) is 13.0 Å². The van der Waals surface area contributed by atoms with Gasteiger partial charge in [0.05, 0.1) is 0 Å². The van der Waals surface area contributed by atoms with Gasteiger partial charge in [0, 0.05) is 24.8 Å². The van der Waals surface area contributed by atoms with E-state index in [4.69, 9.17) is 5.73 Å². The highest BCUT2D eigenvalue weighted by Crippen LogP contribution is 2.17. The van der Waals surface area contributed by atoms with E-state index in [1.165, 1.54) is 4.31 Å². The number of nitrogens with one attached hydrogen (secondary N) is 1. The monoisotopic (exact) mass is 271 g/mol. The number of benzene rings is 1. The van der Waals surface area contributed by atoms with Crippen LogP contribution in [0.15, 0.2) is 24.3 Å². The van der Waals surface area contributed by atoms with Crippen molar-refractivity contribution in [3.63, 3.8) is 0 Å². The Morgan fingerprint density at radius 1 is 1.33 bits per heavy atom. The molecule has 1 rings (SSSR count). The van der Waals surface area contributed by atoms with Crippen LogP contribution >= 0.6 is 0 Å². The van der Waals surface area contributed by atoms with Gasteiger partial charge < -0.3 is 5.73 Å². The highest BCUT2D eigenvalue weighted by molar-refractivity contribution is 7.87. The van der Waals surface area contributed by atoms with Gasteiger partial charge in [0.1, 0.15) is 0 Å². The molecule has 18 heavy (non-hydrogen) atoms. The second-order valence-corrected chi connectivity index (χ2v) is 6.05. The molecule has 0 amide bonds. The summed E-state index contributed by atoms with van der Waals surface area (Å²) in [6.07, 6.45) is 0. The number of rotatable bonds is 6. The molecule has 0 atom stereocenters. The Morgan fingerprint density at radius 2 is 1.94 bits per heavy atom. The van der Waals surface area contributed by atoms with Crippen LogP contribution in [0.25, 0.3) is 0 Å². The van der Waals surface area contributed by atoms with Crippen LogP contribution in [0.3, 0.4) is 0 Å². The van der Waals surface area contributed by atoms with Gasteiger partial charge in [0.25, 0.3) is 10.2 Å². The third-order valence-electron chi connectivity index (χ3n) is 2.59. The van der Waals surface area contributed by atoms with Crippen LogP contribution in [-0.4, -0.2) is 25.3 Å². The lowest BCUT2D eigenvalue weighted by Crippen LogP contribution is -2.44. The molecule has 0 spiro atoms. The van der Waals surface area contributed by atoms with E-state index in [9.17, 15) is 8.42 Å². The minimum Gasteiger partial charge on any atom is -0.398 e. The van der Waals surface area contributed by atoms with Gasteiger partial charge in [-0.1, -0.05) is 25.1 Å². The molecule has 0 aliphatic carbocycles. The zero-order valence-corrected chi connectivity index (χ0v) is 11.9. The van der Waals surface area contributed by atoms with Crippen molar-refractivity contribution in [2.45, 2.75) is 33.4 Å². The molecule has 0 fully saturated rings. The van der Waals surface area contributed by atoms with Crippen molar-refractivity contribution in [2.75, 3.05) is 12.3 Å². The topological polar surface area (TPSA) is 75.4 Å². The lowest BCUT2D eigenvalue weighted by Gasteiger charge is -2.26. The van der Waals surface area contributed by atoms with Crippen molar-refractivity contribution in [3.8, 4) is 0 Å². The van der Waals surface area contributed by atoms with Crippen LogP contribution in [0.2, 0.25) is 0 Å². The number of nitrogens with zero attached hydrogens (tertiary/aromatic N) is 1. The zero-order chi connectivity index (χ0) is 13.8. The first-order valence-electron chi connectivity index (χ1n) is 5.98. The van der Waals surface area contributed by atoms with E-state index >= 15 is 0 Å². The fourth-order valence-electron chi connectivity index (χ4n) is 1.66. The summed E-state index contributed by atoms with van der Waals surface area (Å²) in [4.78, 5) is 0. The van der Waals surface area contributed by atoms with Gasteiger partial charge in [-0.2, -0.15) is 12.7 Å². The Bertz CT molecular complexity index is 486. The summed E-state index contributed by atoms with van der Waals surface area (Å²) < 4.78 is 28.0. The van der Waals surface area contributed by atoms with E-state index in [0.29, 0.717) is 12.2 Å². The molecule has 5 nitrogen and oxygen atoms in total. The molecule has 0 unspecified atom stereocenters. The second-order valence-electron chi connectivity index (χ2n) is 4.34. The Labute approximate surface area is 109 Å². The summed E-state index contributed by atoms with van der Waals surface area (Å²) in [5.41, 5.74) is 7.26. The third-order valence-corrected chi connectivity index (χ3v) is 4.41. The summed E-state index contributed by atoms with van der Waals surface area (Å²) >= 11 is 0. The van der Waals surface area contributed by atoms with Crippen molar-refractivity contribution >= 4 is 15.9 Å². The summed E-state index contributed by atoms with van der Waals surface area (Å²) in [5, 5.41) is 0. The molecule has 0 saturated carbocycles. The van der Waals surface area contributed by atoms with Crippen molar-refractivity contribution in [1.29, 1.82) is 0 Å². The van der Waals surface area contributed by atoms with Crippen LogP contribution in [0.4, 0.5) is 5.69 Å². The Balaban J connectivity index is 2.99. The van der Waals surface area contributed by atoms with E-state index < -0.39 is 10.2 Å². The number of nitrogens with two attached hydrogens (primary N) is 1. The highest BCUT2D eigenvalue weighted by atomic mass is 32.2. The maximum atomic E-state index is 12.1. The first kappa shape index (κ1) is 14.9. The number of para-hydroxylation sites is 1. The van der Waals surface area contributed by atoms with Gasteiger partial charge in [-0.05, 0) is 25.5 Å². The summed E-state index contributed by atoms with van der Waals surface area (Å²) in [7, 11) is -3.46. The van der Waals surface area contributed by atoms with E-state index in [-0.39, 0.29) is 12.6 Å². The molecule has 0 aromatic heterocycles. The SMILES string of the molecule is CCNS(=O)(=O)N(Cc1ccccc1N)C(C)C. The lowest BCUT2D eigenvalue weighted by atomic mass is 10.2. The molecule has 3 N–H and O–H groups in total. The number of hydrogen-bond donors (Lipinski definition) is 2. The van der Waals surface area contributed by atoms with E-state index in [1.807, 2.05) is 32.0 Å². The molecule has 0 saturated heterocycles. The molecule has 0 aliphatic heterocycles. The smallest absolute Gasteiger partial charge is 0.279 e. The quantitative estimate of drug-likeness (QED) is 0.767. The number of anilines is 1. The minimum atomic E-state index is -3.46. The second kappa shape index (κ2) is 6.17. The predicted octanol–water partition coefficient (Wildman–Crippen LogP) is 1.33. The first-order chi connectivity index (χ1) is 8.38. The molecule has 0 bridgehead atoms. The van der Waals surface area contributed by atoms with Gasteiger partial charge in [-0.3, -0.25) is 0 Å². The van der Waals surface area contributed by atoms with Crippen molar-refractivity contribution < 1.29 is 8.42 Å². The zero-order valence-electron chi connectivity index (χ0n) is 11.1. The maximum absolute atomic E-state index is 12.1. The number of nitrogen functional groups attached to an aromatic ring is 1. The summed E-state index contributed by atoms with van der Waals surface area (Å²) in [6.45, 7) is 6.09. The Hall–Kier alpha value is -1.11. The van der Waals surface area contributed by atoms with E-state index in [0.717, 1.165) is 5.56 Å². The summed E-state index contributed by atoms with van der Waals surface area (Å²) in [5.74, 6) is 0. The van der Waals surface area contributed by atoms with Crippen LogP contribution in [0.5, 0.6) is 0 Å². The van der Waals surface area contributed by atoms with Crippen molar-refractivity contribution in [3.05, 3.63) is 29.8 Å². The standard InChI is InChI=1S/C12H21N3O2S/c1-4-14-18(16,17)15(10(2)3)9-11-7-5-6-8-12(11)13/h5-8,10,14H,4,9,13H2,1-3H3. The minimum absolute atomic E-state index is 0.131. The molecular formula is C12H21N3O2S. The fourth-order valence-corrected chi connectivity index (χ4v) is 3.05. The molecule has 0 radical (unpaired) electrons. The van der Waals surface area contributed by atoms with Gasteiger partial charge in [0.2, 0.25) is 0 Å². The van der Waals surface area contributed by atoms with Crippen molar-refractivity contribution in [2.24, 2.45) is 0 Å². The predicted molar refractivity (Wildman–Crippen MR) is 74.1 cm³/mol. The van der Waals surface area contributed by atoms with E-state index in [2.05, 4.69) is 4.72 Å². The largest absolute Gasteiger partial charge is 0.398 e. The molecule has 0 aliphatic rings. The van der Waals surface area contributed by atoms with Crippen LogP contribution in [0, 0.1) is 0 Å². The summed E-state index contributed by atoms with van der Waals surface area (Å²) in [6, 6.07) is 7.16. The molecule has 102 valence electrons. The molecule has 1 aromatic rings. The van der Waals surface area contributed by atoms with Crippen molar-refractivity contribution in [1.82, 2.24) is 9.03 Å². The Morgan fingerprint density at radius 3 is 2.44 bits per heavy atom. The molecule has 1 aromatic carbocycles. The highest BCUT2D eigenvalue weighted by Gasteiger charge is 2.24. The van der Waals surface area contributed by atoms with Gasteiger partial charge in [0.15, 0.2) is 0 Å². The third kappa shape index (κ3) is 3.69. The van der Waals surface area contributed by atoms with Crippen LogP contribution in [0.1, 0.15) is 26.3 Å². The maximum Gasteiger partial charge on any atom is 0.279 e. The number of hydrogen-bond acceptors (Lipinski definition) is 3. The van der Waals surface area contributed by atoms with Crippen LogP contribution in [-0.2, 0) is 16.8 Å². The van der Waals surface area contributed by atoms with Gasteiger partial charge in [-0.15, -0.1) is 0 Å². The van der Waals surface area contributed by atoms with Gasteiger partial charge >= 0.3 is 0 Å². The first-order valence-corrected chi connectivity index (χ1v) is 7.42. The molecule has 6 heteroatoms.